The molecule has 0 nitrogen and oxygen atoms in total. The van der Waals surface area contributed by atoms with Gasteiger partial charge >= 0.3 is 0 Å². The van der Waals surface area contributed by atoms with E-state index in [1.807, 2.05) is 58.4 Å². The lowest BCUT2D eigenvalue weighted by Crippen LogP contribution is -1.81. The van der Waals surface area contributed by atoms with Gasteiger partial charge in [-0.1, -0.05) is 108 Å². The van der Waals surface area contributed by atoms with Crippen LogP contribution in [0.5, 0.6) is 0 Å². The molecule has 0 saturated heterocycles. The third kappa shape index (κ3) is 3.98. The molecule has 150 valence electrons. The molecule has 0 amide bonds. The Balaban J connectivity index is 1.53. The maximum Gasteiger partial charge on any atom is 0.0707 e. The van der Waals surface area contributed by atoms with Crippen molar-refractivity contribution in [3.8, 4) is 0 Å². The molecule has 0 N–H and O–H groups in total. The highest BCUT2D eigenvalue weighted by atomic mass is 32.2. The molecule has 0 unspecified atom stereocenters. The zero-order valence-corrected chi connectivity index (χ0v) is 21.0. The largest absolute Gasteiger partial charge is 0.140 e. The highest BCUT2D eigenvalue weighted by Gasteiger charge is 2.31. The average Bonchev–Trinajstić information content (AvgIpc) is 3.45. The van der Waals surface area contributed by atoms with E-state index in [4.69, 9.17) is 0 Å². The van der Waals surface area contributed by atoms with E-state index in [1.54, 1.807) is 0 Å². The number of hydrogen-bond donors (Lipinski definition) is 0. The Morgan fingerprint density at radius 1 is 0.567 bits per heavy atom. The third-order valence-corrected chi connectivity index (χ3v) is 12.0. The quantitative estimate of drug-likeness (QED) is 0.366. The van der Waals surface area contributed by atoms with Crippen molar-refractivity contribution < 1.29 is 0 Å². The molecule has 0 bridgehead atoms. The predicted octanol–water partition coefficient (Wildman–Crippen LogP) is 9.67. The highest BCUT2D eigenvalue weighted by molar-refractivity contribution is 8.38. The van der Waals surface area contributed by atoms with E-state index in [1.165, 1.54) is 54.5 Å². The summed E-state index contributed by atoms with van der Waals surface area (Å²) in [5.41, 5.74) is 4.01. The summed E-state index contributed by atoms with van der Waals surface area (Å²) >= 11 is 9.67. The van der Waals surface area contributed by atoms with Gasteiger partial charge in [-0.2, -0.15) is 0 Å². The Kier molecular flexibility index (Phi) is 6.00. The Morgan fingerprint density at radius 2 is 1.10 bits per heavy atom. The van der Waals surface area contributed by atoms with Gasteiger partial charge in [0, 0.05) is 29.4 Å². The van der Waals surface area contributed by atoms with E-state index in [0.717, 1.165) is 0 Å². The second-order valence-electron chi connectivity index (χ2n) is 7.13. The van der Waals surface area contributed by atoms with E-state index in [-0.39, 0.29) is 0 Å². The number of benzene rings is 2. The van der Waals surface area contributed by atoms with Crippen LogP contribution in [0.4, 0.5) is 0 Å². The van der Waals surface area contributed by atoms with E-state index in [0.29, 0.717) is 0 Å². The Labute approximate surface area is 199 Å². The van der Waals surface area contributed by atoms with Gasteiger partial charge in [-0.15, -0.1) is 11.3 Å². The molecule has 30 heavy (non-hydrogen) atoms. The van der Waals surface area contributed by atoms with Crippen molar-refractivity contribution >= 4 is 73.1 Å². The van der Waals surface area contributed by atoms with Crippen LogP contribution < -0.4 is 0 Å². The number of thiophene rings is 1. The lowest BCUT2D eigenvalue weighted by atomic mass is 10.2. The Morgan fingerprint density at radius 3 is 1.70 bits per heavy atom. The van der Waals surface area contributed by atoms with Gasteiger partial charge in [0.2, 0.25) is 0 Å². The van der Waals surface area contributed by atoms with E-state index >= 15 is 0 Å². The SMILES string of the molecule is CC1=C(c2ccccc2)S/C(=C2/SC(c3ccccc3)=C(c3sc(C)cc3C)S2)S1. The molecule has 2 aromatic carbocycles. The fraction of sp³-hybridized carbons (Fsp3) is 0.120. The molecule has 0 spiro atoms. The van der Waals surface area contributed by atoms with Crippen molar-refractivity contribution in [2.24, 2.45) is 0 Å². The Bertz CT molecular complexity index is 1200. The predicted molar refractivity (Wildman–Crippen MR) is 143 cm³/mol. The van der Waals surface area contributed by atoms with Crippen LogP contribution in [0.3, 0.4) is 0 Å². The monoisotopic (exact) mass is 480 g/mol. The molecule has 2 aliphatic rings. The molecule has 0 saturated carbocycles. The van der Waals surface area contributed by atoms with Gasteiger partial charge in [-0.05, 0) is 43.5 Å². The fourth-order valence-corrected chi connectivity index (χ4v) is 10.4. The van der Waals surface area contributed by atoms with E-state index in [9.17, 15) is 0 Å². The van der Waals surface area contributed by atoms with Crippen molar-refractivity contribution in [2.75, 3.05) is 0 Å². The number of aryl methyl sites for hydroxylation is 2. The molecule has 3 aromatic rings. The minimum Gasteiger partial charge on any atom is -0.140 e. The first-order chi connectivity index (χ1) is 14.6. The summed E-state index contributed by atoms with van der Waals surface area (Å²) in [6.45, 7) is 6.69. The van der Waals surface area contributed by atoms with Crippen LogP contribution in [0, 0.1) is 13.8 Å². The second kappa shape index (κ2) is 8.71. The average molecular weight is 481 g/mol. The molecule has 0 aliphatic carbocycles. The zero-order valence-electron chi connectivity index (χ0n) is 16.9. The van der Waals surface area contributed by atoms with Gasteiger partial charge in [-0.25, -0.2) is 0 Å². The summed E-state index contributed by atoms with van der Waals surface area (Å²) in [5.74, 6) is 0. The number of hydrogen-bond acceptors (Lipinski definition) is 5. The first-order valence-corrected chi connectivity index (χ1v) is 13.8. The van der Waals surface area contributed by atoms with E-state index in [2.05, 4.69) is 87.5 Å². The molecular formula is C25H20S5. The molecule has 1 aromatic heterocycles. The molecule has 0 radical (unpaired) electrons. The highest BCUT2D eigenvalue weighted by Crippen LogP contribution is 2.65. The molecule has 0 fully saturated rings. The van der Waals surface area contributed by atoms with Gasteiger partial charge in [0.1, 0.15) is 0 Å². The smallest absolute Gasteiger partial charge is 0.0707 e. The summed E-state index contributed by atoms with van der Waals surface area (Å²) in [6, 6.07) is 23.9. The molecule has 5 heteroatoms. The van der Waals surface area contributed by atoms with Crippen molar-refractivity contribution in [3.05, 3.63) is 107 Å². The van der Waals surface area contributed by atoms with Gasteiger partial charge < -0.3 is 0 Å². The minimum absolute atomic E-state index is 1.31. The van der Waals surface area contributed by atoms with Gasteiger partial charge in [0.05, 0.1) is 8.47 Å². The maximum atomic E-state index is 2.31. The van der Waals surface area contributed by atoms with Crippen LogP contribution in [-0.4, -0.2) is 0 Å². The van der Waals surface area contributed by atoms with Crippen LogP contribution in [0.25, 0.3) is 14.7 Å². The summed E-state index contributed by atoms with van der Waals surface area (Å²) in [6.07, 6.45) is 0. The molecule has 2 aliphatic heterocycles. The van der Waals surface area contributed by atoms with Crippen molar-refractivity contribution in [3.63, 3.8) is 0 Å². The van der Waals surface area contributed by atoms with Gasteiger partial charge in [0.15, 0.2) is 0 Å². The van der Waals surface area contributed by atoms with Crippen molar-refractivity contribution in [1.29, 1.82) is 0 Å². The van der Waals surface area contributed by atoms with Gasteiger partial charge in [-0.3, -0.25) is 0 Å². The van der Waals surface area contributed by atoms with Crippen LogP contribution >= 0.6 is 58.4 Å². The summed E-state index contributed by atoms with van der Waals surface area (Å²) in [5, 5.41) is 0. The Hall–Kier alpha value is -1.24. The lowest BCUT2D eigenvalue weighted by Gasteiger charge is -2.05. The lowest BCUT2D eigenvalue weighted by molar-refractivity contribution is 1.49. The van der Waals surface area contributed by atoms with Crippen LogP contribution in [0.15, 0.2) is 80.1 Å². The van der Waals surface area contributed by atoms with Crippen molar-refractivity contribution in [1.82, 2.24) is 0 Å². The van der Waals surface area contributed by atoms with Crippen LogP contribution in [0.2, 0.25) is 0 Å². The first-order valence-electron chi connectivity index (χ1n) is 9.69. The first kappa shape index (κ1) is 20.7. The van der Waals surface area contributed by atoms with Crippen LogP contribution in [-0.2, 0) is 0 Å². The summed E-state index contributed by atoms with van der Waals surface area (Å²) in [7, 11) is 0. The normalized spacial score (nSPS) is 19.3. The maximum absolute atomic E-state index is 2.31. The molecular weight excluding hydrogens is 461 g/mol. The van der Waals surface area contributed by atoms with Crippen LogP contribution in [0.1, 0.15) is 33.4 Å². The second-order valence-corrected chi connectivity index (χ2v) is 13.2. The van der Waals surface area contributed by atoms with Gasteiger partial charge in [0.25, 0.3) is 0 Å². The summed E-state index contributed by atoms with van der Waals surface area (Å²) < 4.78 is 2.82. The minimum atomic E-state index is 1.31. The number of rotatable bonds is 3. The molecule has 0 atom stereocenters. The number of allylic oxidation sites excluding steroid dienone is 1. The molecule has 5 rings (SSSR count). The third-order valence-electron chi connectivity index (χ3n) is 4.84. The number of thioether (sulfide) groups is 4. The fourth-order valence-electron chi connectivity index (χ4n) is 3.48. The van der Waals surface area contributed by atoms with Crippen molar-refractivity contribution in [2.45, 2.75) is 20.8 Å². The standard InChI is InChI=1S/C25H20S5/c1-15-14-16(2)26-20(15)23-22(19-12-8-5-9-13-19)29-25(30-23)24-27-17(3)21(28-24)18-10-6-4-7-11-18/h4-14H,1-3H3/b25-24-. The zero-order chi connectivity index (χ0) is 20.7. The topological polar surface area (TPSA) is 0 Å². The van der Waals surface area contributed by atoms with E-state index < -0.39 is 0 Å². The molecule has 3 heterocycles. The summed E-state index contributed by atoms with van der Waals surface area (Å²) in [4.78, 5) is 8.38.